The molecule has 5 heteroatoms. The first kappa shape index (κ1) is 11.3. The van der Waals surface area contributed by atoms with E-state index in [0.717, 1.165) is 21.7 Å². The zero-order valence-corrected chi connectivity index (χ0v) is 10.3. The fourth-order valence-corrected chi connectivity index (χ4v) is 1.84. The Labute approximate surface area is 101 Å². The molecule has 3 nitrogen and oxygen atoms in total. The molecule has 2 N–H and O–H groups in total. The lowest BCUT2D eigenvalue weighted by Gasteiger charge is -1.96. The van der Waals surface area contributed by atoms with Gasteiger partial charge >= 0.3 is 0 Å². The molecule has 2 rings (SSSR count). The van der Waals surface area contributed by atoms with Gasteiger partial charge in [-0.1, -0.05) is 0 Å². The van der Waals surface area contributed by atoms with E-state index in [0.29, 0.717) is 6.54 Å². The van der Waals surface area contributed by atoms with E-state index in [1.165, 1.54) is 12.1 Å². The van der Waals surface area contributed by atoms with E-state index < -0.39 is 0 Å². The topological polar surface area (TPSA) is 40.7 Å². The number of halogens is 2. The molecule has 1 aromatic carbocycles. The first-order valence-corrected chi connectivity index (χ1v) is 5.65. The zero-order valence-electron chi connectivity index (χ0n) is 8.72. The van der Waals surface area contributed by atoms with Gasteiger partial charge < -0.3 is 10.3 Å². The van der Waals surface area contributed by atoms with Crippen molar-refractivity contribution in [3.05, 3.63) is 40.4 Å². The van der Waals surface area contributed by atoms with Crippen molar-refractivity contribution < 1.29 is 4.39 Å². The predicted molar refractivity (Wildman–Crippen MR) is 64.4 cm³/mol. The molecule has 16 heavy (non-hydrogen) atoms. The Morgan fingerprint density at radius 3 is 2.69 bits per heavy atom. The van der Waals surface area contributed by atoms with Crippen LogP contribution in [-0.2, 0) is 6.54 Å². The van der Waals surface area contributed by atoms with Gasteiger partial charge in [-0.2, -0.15) is 0 Å². The Hall–Kier alpha value is -1.20. The van der Waals surface area contributed by atoms with Crippen LogP contribution >= 0.6 is 15.9 Å². The number of hydrogen-bond acceptors (Lipinski definition) is 2. The van der Waals surface area contributed by atoms with Gasteiger partial charge in [0.25, 0.3) is 0 Å². The van der Waals surface area contributed by atoms with Crippen molar-refractivity contribution in [3.63, 3.8) is 0 Å². The Morgan fingerprint density at radius 1 is 1.38 bits per heavy atom. The average Bonchev–Trinajstić information content (AvgIpc) is 2.62. The lowest BCUT2D eigenvalue weighted by Crippen LogP contribution is -2.05. The molecule has 0 amide bonds. The van der Waals surface area contributed by atoms with Crippen molar-refractivity contribution >= 4 is 15.9 Å². The van der Waals surface area contributed by atoms with Crippen LogP contribution in [0.4, 0.5) is 4.39 Å². The van der Waals surface area contributed by atoms with Gasteiger partial charge in [-0.25, -0.2) is 9.37 Å². The van der Waals surface area contributed by atoms with E-state index in [2.05, 4.69) is 31.2 Å². The van der Waals surface area contributed by atoms with Crippen molar-refractivity contribution in [2.45, 2.75) is 6.54 Å². The number of benzene rings is 1. The van der Waals surface area contributed by atoms with Crippen molar-refractivity contribution in [1.82, 2.24) is 15.3 Å². The van der Waals surface area contributed by atoms with Gasteiger partial charge in [-0.15, -0.1) is 0 Å². The van der Waals surface area contributed by atoms with Crippen LogP contribution in [0, 0.1) is 5.82 Å². The number of H-pyrrole nitrogens is 1. The predicted octanol–water partition coefficient (Wildman–Crippen LogP) is 2.70. The minimum Gasteiger partial charge on any atom is -0.340 e. The van der Waals surface area contributed by atoms with Gasteiger partial charge in [-0.05, 0) is 47.2 Å². The van der Waals surface area contributed by atoms with E-state index in [1.807, 2.05) is 7.05 Å². The van der Waals surface area contributed by atoms with Crippen LogP contribution in [0.25, 0.3) is 11.4 Å². The SMILES string of the molecule is CNCc1[nH]c(-c2ccc(F)cc2)nc1Br. The molecular weight excluding hydrogens is 273 g/mol. The molecule has 0 aliphatic rings. The summed E-state index contributed by atoms with van der Waals surface area (Å²) in [5.74, 6) is 0.488. The summed E-state index contributed by atoms with van der Waals surface area (Å²) in [4.78, 5) is 7.50. The van der Waals surface area contributed by atoms with Gasteiger partial charge in [0.05, 0.1) is 5.69 Å². The van der Waals surface area contributed by atoms with E-state index >= 15 is 0 Å². The van der Waals surface area contributed by atoms with Gasteiger partial charge in [0.15, 0.2) is 0 Å². The summed E-state index contributed by atoms with van der Waals surface area (Å²) >= 11 is 3.37. The maximum absolute atomic E-state index is 12.8. The summed E-state index contributed by atoms with van der Waals surface area (Å²) in [6, 6.07) is 6.24. The van der Waals surface area contributed by atoms with Crippen LogP contribution in [0.5, 0.6) is 0 Å². The minimum absolute atomic E-state index is 0.246. The summed E-state index contributed by atoms with van der Waals surface area (Å²) < 4.78 is 13.5. The van der Waals surface area contributed by atoms with Gasteiger partial charge in [0, 0.05) is 12.1 Å². The molecular formula is C11H11BrFN3. The van der Waals surface area contributed by atoms with Crippen LogP contribution in [-0.4, -0.2) is 17.0 Å². The van der Waals surface area contributed by atoms with Crippen LogP contribution in [0.2, 0.25) is 0 Å². The third-order valence-electron chi connectivity index (χ3n) is 2.20. The van der Waals surface area contributed by atoms with E-state index in [-0.39, 0.29) is 5.82 Å². The zero-order chi connectivity index (χ0) is 11.5. The molecule has 0 atom stereocenters. The second-order valence-corrected chi connectivity index (χ2v) is 4.14. The lowest BCUT2D eigenvalue weighted by atomic mass is 10.2. The standard InChI is InChI=1S/C11H11BrFN3/c1-14-6-9-10(12)16-11(15-9)7-2-4-8(13)5-3-7/h2-5,14H,6H2,1H3,(H,15,16). The largest absolute Gasteiger partial charge is 0.340 e. The molecule has 0 aliphatic heterocycles. The summed E-state index contributed by atoms with van der Waals surface area (Å²) in [6.45, 7) is 0.703. The molecule has 2 aromatic rings. The normalized spacial score (nSPS) is 10.7. The van der Waals surface area contributed by atoms with E-state index in [9.17, 15) is 4.39 Å². The van der Waals surface area contributed by atoms with Gasteiger partial charge in [0.1, 0.15) is 16.2 Å². The number of aromatic nitrogens is 2. The Kier molecular flexibility index (Phi) is 3.36. The molecule has 0 saturated heterocycles. The first-order valence-electron chi connectivity index (χ1n) is 4.85. The molecule has 84 valence electrons. The molecule has 0 radical (unpaired) electrons. The number of hydrogen-bond donors (Lipinski definition) is 2. The fraction of sp³-hybridized carbons (Fsp3) is 0.182. The van der Waals surface area contributed by atoms with Crippen LogP contribution in [0.3, 0.4) is 0 Å². The molecule has 0 bridgehead atoms. The smallest absolute Gasteiger partial charge is 0.138 e. The van der Waals surface area contributed by atoms with E-state index in [1.54, 1.807) is 12.1 Å². The second-order valence-electron chi connectivity index (χ2n) is 3.39. The third kappa shape index (κ3) is 2.31. The summed E-state index contributed by atoms with van der Waals surface area (Å²) in [5.41, 5.74) is 1.84. The van der Waals surface area contributed by atoms with Crippen molar-refractivity contribution in [2.24, 2.45) is 0 Å². The molecule has 0 saturated carbocycles. The highest BCUT2D eigenvalue weighted by molar-refractivity contribution is 9.10. The monoisotopic (exact) mass is 283 g/mol. The molecule has 0 aliphatic carbocycles. The van der Waals surface area contributed by atoms with Crippen LogP contribution in [0.15, 0.2) is 28.9 Å². The minimum atomic E-state index is -0.246. The van der Waals surface area contributed by atoms with Crippen LogP contribution in [0.1, 0.15) is 5.69 Å². The lowest BCUT2D eigenvalue weighted by molar-refractivity contribution is 0.628. The first-order chi connectivity index (χ1) is 7.70. The van der Waals surface area contributed by atoms with Gasteiger partial charge in [0.2, 0.25) is 0 Å². The van der Waals surface area contributed by atoms with Crippen LogP contribution < -0.4 is 5.32 Å². The van der Waals surface area contributed by atoms with Crippen molar-refractivity contribution in [3.8, 4) is 11.4 Å². The van der Waals surface area contributed by atoms with E-state index in [4.69, 9.17) is 0 Å². The fourth-order valence-electron chi connectivity index (χ4n) is 1.43. The van der Waals surface area contributed by atoms with Crippen molar-refractivity contribution in [1.29, 1.82) is 0 Å². The molecule has 1 aromatic heterocycles. The maximum atomic E-state index is 12.8. The Bertz CT molecular complexity index is 478. The Balaban J connectivity index is 2.33. The number of nitrogens with zero attached hydrogens (tertiary/aromatic N) is 1. The Morgan fingerprint density at radius 2 is 2.06 bits per heavy atom. The average molecular weight is 284 g/mol. The highest BCUT2D eigenvalue weighted by Gasteiger charge is 2.08. The molecule has 0 unspecified atom stereocenters. The number of rotatable bonds is 3. The molecule has 1 heterocycles. The summed E-state index contributed by atoms with van der Waals surface area (Å²) in [7, 11) is 1.87. The molecule has 0 fully saturated rings. The van der Waals surface area contributed by atoms with Gasteiger partial charge in [-0.3, -0.25) is 0 Å². The number of imidazole rings is 1. The highest BCUT2D eigenvalue weighted by Crippen LogP contribution is 2.21. The number of nitrogens with one attached hydrogen (secondary N) is 2. The highest BCUT2D eigenvalue weighted by atomic mass is 79.9. The quantitative estimate of drug-likeness (QED) is 0.909. The maximum Gasteiger partial charge on any atom is 0.138 e. The second kappa shape index (κ2) is 4.76. The van der Waals surface area contributed by atoms with Crippen molar-refractivity contribution in [2.75, 3.05) is 7.05 Å². The summed E-state index contributed by atoms with van der Waals surface area (Å²) in [6.07, 6.45) is 0. The third-order valence-corrected chi connectivity index (χ3v) is 2.86. The summed E-state index contributed by atoms with van der Waals surface area (Å²) in [5, 5.41) is 3.04. The number of aromatic amines is 1. The molecule has 0 spiro atoms.